The Morgan fingerprint density at radius 2 is 1.81 bits per heavy atom. The molecule has 0 bridgehead atoms. The van der Waals surface area contributed by atoms with Gasteiger partial charge in [-0.3, -0.25) is 9.59 Å². The Morgan fingerprint density at radius 1 is 1.19 bits per heavy atom. The third-order valence-electron chi connectivity index (χ3n) is 2.97. The summed E-state index contributed by atoms with van der Waals surface area (Å²) in [7, 11) is 0. The lowest BCUT2D eigenvalue weighted by Crippen LogP contribution is -2.46. The van der Waals surface area contributed by atoms with Crippen LogP contribution in [0.15, 0.2) is 24.3 Å². The molecule has 0 heterocycles. The molecular formula is C16H21NO4. The van der Waals surface area contributed by atoms with Gasteiger partial charge < -0.3 is 10.1 Å². The fraction of sp³-hybridized carbons (Fsp3) is 0.438. The minimum Gasteiger partial charge on any atom is -0.464 e. The molecule has 114 valence electrons. The van der Waals surface area contributed by atoms with Gasteiger partial charge in [0.25, 0.3) is 0 Å². The van der Waals surface area contributed by atoms with Crippen molar-refractivity contribution in [3.8, 4) is 0 Å². The van der Waals surface area contributed by atoms with Crippen molar-refractivity contribution in [2.24, 2.45) is 0 Å². The maximum atomic E-state index is 12.1. The van der Waals surface area contributed by atoms with Crippen molar-refractivity contribution in [3.63, 3.8) is 0 Å². The van der Waals surface area contributed by atoms with E-state index in [1.807, 2.05) is 31.2 Å². The van der Waals surface area contributed by atoms with Crippen molar-refractivity contribution in [3.05, 3.63) is 35.4 Å². The summed E-state index contributed by atoms with van der Waals surface area (Å²) < 4.78 is 4.82. The van der Waals surface area contributed by atoms with Crippen molar-refractivity contribution < 1.29 is 19.1 Å². The highest BCUT2D eigenvalue weighted by molar-refractivity contribution is 6.05. The number of ether oxygens (including phenoxy) is 1. The Balaban J connectivity index is 2.65. The molecule has 0 aliphatic heterocycles. The predicted octanol–water partition coefficient (Wildman–Crippen LogP) is 1.56. The molecule has 0 radical (unpaired) electrons. The van der Waals surface area contributed by atoms with Crippen molar-refractivity contribution in [1.82, 2.24) is 5.32 Å². The van der Waals surface area contributed by atoms with Crippen molar-refractivity contribution in [2.75, 3.05) is 6.61 Å². The summed E-state index contributed by atoms with van der Waals surface area (Å²) in [6, 6.07) is 6.61. The Labute approximate surface area is 124 Å². The number of benzene rings is 1. The molecule has 1 amide bonds. The molecule has 0 aliphatic rings. The Bertz CT molecular complexity index is 508. The van der Waals surface area contributed by atoms with Gasteiger partial charge in [0.15, 0.2) is 11.8 Å². The van der Waals surface area contributed by atoms with Crippen LogP contribution < -0.4 is 5.32 Å². The molecule has 21 heavy (non-hydrogen) atoms. The number of hydrogen-bond donors (Lipinski definition) is 1. The molecule has 1 unspecified atom stereocenters. The second-order valence-electron chi connectivity index (χ2n) is 4.84. The summed E-state index contributed by atoms with van der Waals surface area (Å²) in [5.41, 5.74) is 2.16. The number of hydrogen-bond acceptors (Lipinski definition) is 4. The maximum absolute atomic E-state index is 12.1. The Morgan fingerprint density at radius 3 is 2.33 bits per heavy atom. The quantitative estimate of drug-likeness (QED) is 0.611. The van der Waals surface area contributed by atoms with E-state index in [1.165, 1.54) is 6.92 Å². The predicted molar refractivity (Wildman–Crippen MR) is 78.7 cm³/mol. The molecule has 5 nitrogen and oxygen atoms in total. The monoisotopic (exact) mass is 291 g/mol. The van der Waals surface area contributed by atoms with Gasteiger partial charge in [0.05, 0.1) is 6.61 Å². The van der Waals surface area contributed by atoms with Crippen LogP contribution in [0.3, 0.4) is 0 Å². The van der Waals surface area contributed by atoms with Crippen molar-refractivity contribution in [2.45, 2.75) is 39.7 Å². The number of carbonyl (C=O) groups is 3. The van der Waals surface area contributed by atoms with E-state index in [1.54, 1.807) is 6.92 Å². The topological polar surface area (TPSA) is 72.5 Å². The van der Waals surface area contributed by atoms with E-state index < -0.39 is 17.9 Å². The molecule has 0 spiro atoms. The largest absolute Gasteiger partial charge is 0.464 e. The molecule has 0 saturated carbocycles. The maximum Gasteiger partial charge on any atom is 0.336 e. The second kappa shape index (κ2) is 8.19. The molecule has 1 rings (SSSR count). The highest BCUT2D eigenvalue weighted by Gasteiger charge is 2.28. The fourth-order valence-electron chi connectivity index (χ4n) is 1.87. The van der Waals surface area contributed by atoms with Gasteiger partial charge in [-0.15, -0.1) is 0 Å². The van der Waals surface area contributed by atoms with Crippen LogP contribution in [0.4, 0.5) is 0 Å². The number of carbonyl (C=O) groups excluding carboxylic acids is 3. The summed E-state index contributed by atoms with van der Waals surface area (Å²) in [4.78, 5) is 34.9. The molecule has 1 N–H and O–H groups in total. The van der Waals surface area contributed by atoms with Crippen LogP contribution in [0, 0.1) is 6.92 Å². The molecule has 0 fully saturated rings. The van der Waals surface area contributed by atoms with Crippen LogP contribution in [-0.4, -0.2) is 30.3 Å². The summed E-state index contributed by atoms with van der Waals surface area (Å²) in [5, 5.41) is 2.35. The SMILES string of the molecule is CCOC(=O)C(NC(C)=O)C(=O)CCc1ccc(C)cc1. The van der Waals surface area contributed by atoms with E-state index in [2.05, 4.69) is 5.32 Å². The first-order chi connectivity index (χ1) is 9.93. The number of rotatable bonds is 7. The summed E-state index contributed by atoms with van der Waals surface area (Å²) in [5.74, 6) is -1.48. The first-order valence-electron chi connectivity index (χ1n) is 6.96. The van der Waals surface area contributed by atoms with Gasteiger partial charge in [-0.25, -0.2) is 4.79 Å². The normalized spacial score (nSPS) is 11.6. The van der Waals surface area contributed by atoms with Crippen LogP contribution in [0.5, 0.6) is 0 Å². The summed E-state index contributed by atoms with van der Waals surface area (Å²) in [6.07, 6.45) is 0.696. The lowest BCUT2D eigenvalue weighted by atomic mass is 10.0. The molecule has 0 saturated heterocycles. The number of ketones is 1. The van der Waals surface area contributed by atoms with Gasteiger partial charge in [0.1, 0.15) is 0 Å². The molecule has 1 aromatic rings. The van der Waals surface area contributed by atoms with Gasteiger partial charge in [-0.05, 0) is 25.8 Å². The van der Waals surface area contributed by atoms with Gasteiger partial charge >= 0.3 is 5.97 Å². The second-order valence-corrected chi connectivity index (χ2v) is 4.84. The van der Waals surface area contributed by atoms with Gasteiger partial charge in [-0.1, -0.05) is 29.8 Å². The average Bonchev–Trinajstić information content (AvgIpc) is 2.44. The molecular weight excluding hydrogens is 270 g/mol. The summed E-state index contributed by atoms with van der Waals surface area (Å²) >= 11 is 0. The molecule has 1 aromatic carbocycles. The first-order valence-corrected chi connectivity index (χ1v) is 6.96. The highest BCUT2D eigenvalue weighted by Crippen LogP contribution is 2.07. The number of esters is 1. The zero-order chi connectivity index (χ0) is 15.8. The van der Waals surface area contributed by atoms with Gasteiger partial charge in [0.2, 0.25) is 5.91 Å². The zero-order valence-electron chi connectivity index (χ0n) is 12.6. The van der Waals surface area contributed by atoms with Crippen LogP contribution in [-0.2, 0) is 25.5 Å². The van der Waals surface area contributed by atoms with Crippen LogP contribution in [0.25, 0.3) is 0 Å². The number of amides is 1. The number of aryl methyl sites for hydroxylation is 2. The zero-order valence-corrected chi connectivity index (χ0v) is 12.6. The Kier molecular flexibility index (Phi) is 6.59. The van der Waals surface area contributed by atoms with Crippen molar-refractivity contribution in [1.29, 1.82) is 0 Å². The fourth-order valence-corrected chi connectivity index (χ4v) is 1.87. The highest BCUT2D eigenvalue weighted by atomic mass is 16.5. The number of nitrogens with one attached hydrogen (secondary N) is 1. The van der Waals surface area contributed by atoms with Crippen LogP contribution in [0.2, 0.25) is 0 Å². The third-order valence-corrected chi connectivity index (χ3v) is 2.97. The van der Waals surface area contributed by atoms with E-state index in [-0.39, 0.29) is 18.8 Å². The van der Waals surface area contributed by atoms with E-state index in [0.29, 0.717) is 6.42 Å². The summed E-state index contributed by atoms with van der Waals surface area (Å²) in [6.45, 7) is 5.07. The standard InChI is InChI=1S/C16H21NO4/c1-4-21-16(20)15(17-12(3)18)14(19)10-9-13-7-5-11(2)6-8-13/h5-8,15H,4,9-10H2,1-3H3,(H,17,18). The van der Waals surface area contributed by atoms with E-state index in [9.17, 15) is 14.4 Å². The van der Waals surface area contributed by atoms with Crippen LogP contribution in [0.1, 0.15) is 31.4 Å². The van der Waals surface area contributed by atoms with Gasteiger partial charge in [0, 0.05) is 13.3 Å². The van der Waals surface area contributed by atoms with E-state index >= 15 is 0 Å². The van der Waals surface area contributed by atoms with Crippen molar-refractivity contribution >= 4 is 17.7 Å². The smallest absolute Gasteiger partial charge is 0.336 e. The number of Topliss-reactive ketones (excluding diaryl/α,β-unsaturated/α-hetero) is 1. The van der Waals surface area contributed by atoms with Gasteiger partial charge in [-0.2, -0.15) is 0 Å². The molecule has 5 heteroatoms. The molecule has 1 atom stereocenters. The minimum atomic E-state index is -1.21. The average molecular weight is 291 g/mol. The first kappa shape index (κ1) is 16.9. The lowest BCUT2D eigenvalue weighted by molar-refractivity contribution is -0.150. The minimum absolute atomic E-state index is 0.167. The third kappa shape index (κ3) is 5.77. The van der Waals surface area contributed by atoms with E-state index in [0.717, 1.165) is 11.1 Å². The Hall–Kier alpha value is -2.17. The lowest BCUT2D eigenvalue weighted by Gasteiger charge is -2.15. The van der Waals surface area contributed by atoms with E-state index in [4.69, 9.17) is 4.74 Å². The van der Waals surface area contributed by atoms with Crippen LogP contribution >= 0.6 is 0 Å². The molecule has 0 aliphatic carbocycles. The molecule has 0 aromatic heterocycles.